The number of phenols is 1. The second-order valence-electron chi connectivity index (χ2n) is 8.00. The first-order chi connectivity index (χ1) is 16.0. The molecule has 0 bridgehead atoms. The summed E-state index contributed by atoms with van der Waals surface area (Å²) in [6, 6.07) is 19.5. The van der Waals surface area contributed by atoms with Gasteiger partial charge in [-0.25, -0.2) is 0 Å². The molecule has 0 saturated heterocycles. The van der Waals surface area contributed by atoms with Crippen molar-refractivity contribution in [2.45, 2.75) is 32.5 Å². The van der Waals surface area contributed by atoms with Crippen LogP contribution in [-0.4, -0.2) is 31.6 Å². The predicted molar refractivity (Wildman–Crippen MR) is 130 cm³/mol. The highest BCUT2D eigenvalue weighted by atomic mass is 16.5. The van der Waals surface area contributed by atoms with Gasteiger partial charge in [0, 0.05) is 29.3 Å². The van der Waals surface area contributed by atoms with Gasteiger partial charge in [-0.15, -0.1) is 0 Å². The summed E-state index contributed by atoms with van der Waals surface area (Å²) in [5.41, 5.74) is 4.84. The summed E-state index contributed by atoms with van der Waals surface area (Å²) in [6.07, 6.45) is 0.231. The minimum absolute atomic E-state index is 0.151. The van der Waals surface area contributed by atoms with Gasteiger partial charge < -0.3 is 19.3 Å². The molecular weight excluding hydrogens is 416 g/mol. The van der Waals surface area contributed by atoms with Gasteiger partial charge in [-0.1, -0.05) is 42.0 Å². The Bertz CT molecular complexity index is 1140. The smallest absolute Gasteiger partial charge is 0.162 e. The highest BCUT2D eigenvalue weighted by Gasteiger charge is 2.30. The molecule has 0 spiro atoms. The van der Waals surface area contributed by atoms with Crippen LogP contribution in [0.25, 0.3) is 0 Å². The lowest BCUT2D eigenvalue weighted by atomic mass is 9.93. The van der Waals surface area contributed by atoms with E-state index in [-0.39, 0.29) is 18.0 Å². The standard InChI is InChI=1S/C27H30N2O4/c1-5-33-25-8-6-7-20(26(25)30)23-16-22(18-11-9-17(2)10-12-18)28-27(29-23)21-15-19(31-3)13-14-24(21)32-4/h6-15,23,27,29-30H,5,16H2,1-4H3/t23-,27+/m0/s1. The maximum atomic E-state index is 11.0. The molecule has 1 aliphatic rings. The summed E-state index contributed by atoms with van der Waals surface area (Å²) in [5.74, 6) is 2.07. The molecule has 6 nitrogen and oxygen atoms in total. The van der Waals surface area contributed by atoms with E-state index in [1.165, 1.54) is 5.56 Å². The molecule has 0 unspecified atom stereocenters. The highest BCUT2D eigenvalue weighted by Crippen LogP contribution is 2.40. The van der Waals surface area contributed by atoms with Crippen molar-refractivity contribution < 1.29 is 19.3 Å². The molecule has 0 fully saturated rings. The van der Waals surface area contributed by atoms with E-state index in [9.17, 15) is 5.11 Å². The van der Waals surface area contributed by atoms with E-state index in [2.05, 4.69) is 36.5 Å². The van der Waals surface area contributed by atoms with Gasteiger partial charge in [0.2, 0.25) is 0 Å². The number of aromatic hydroxyl groups is 1. The van der Waals surface area contributed by atoms with Crippen LogP contribution in [-0.2, 0) is 0 Å². The molecule has 172 valence electrons. The summed E-state index contributed by atoms with van der Waals surface area (Å²) in [6.45, 7) is 4.45. The lowest BCUT2D eigenvalue weighted by molar-refractivity contribution is 0.313. The van der Waals surface area contributed by atoms with E-state index in [0.717, 1.165) is 28.2 Å². The molecular formula is C27H30N2O4. The third kappa shape index (κ3) is 4.81. The fourth-order valence-corrected chi connectivity index (χ4v) is 4.13. The minimum atomic E-state index is -0.389. The first-order valence-corrected chi connectivity index (χ1v) is 11.1. The number of phenolic OH excluding ortho intramolecular Hbond substituents is 1. The lowest BCUT2D eigenvalue weighted by Crippen LogP contribution is -2.33. The van der Waals surface area contributed by atoms with Crippen LogP contribution in [0, 0.1) is 6.92 Å². The second kappa shape index (κ2) is 9.96. The number of nitrogens with one attached hydrogen (secondary N) is 1. The van der Waals surface area contributed by atoms with E-state index >= 15 is 0 Å². The summed E-state index contributed by atoms with van der Waals surface area (Å²) in [5, 5.41) is 14.6. The molecule has 33 heavy (non-hydrogen) atoms. The van der Waals surface area contributed by atoms with Crippen LogP contribution >= 0.6 is 0 Å². The first kappa shape index (κ1) is 22.7. The molecule has 3 aromatic carbocycles. The van der Waals surface area contributed by atoms with Crippen LogP contribution < -0.4 is 19.5 Å². The Hall–Kier alpha value is -3.51. The number of para-hydroxylation sites is 1. The van der Waals surface area contributed by atoms with Crippen LogP contribution in [0.4, 0.5) is 0 Å². The second-order valence-corrected chi connectivity index (χ2v) is 8.00. The summed E-state index contributed by atoms with van der Waals surface area (Å²) in [7, 11) is 3.29. The van der Waals surface area contributed by atoms with Gasteiger partial charge in [-0.3, -0.25) is 10.3 Å². The number of hydrogen-bond donors (Lipinski definition) is 2. The number of methoxy groups -OCH3 is 2. The zero-order valence-electron chi connectivity index (χ0n) is 19.5. The molecule has 2 N–H and O–H groups in total. The molecule has 0 radical (unpaired) electrons. The van der Waals surface area contributed by atoms with Gasteiger partial charge in [0.25, 0.3) is 0 Å². The van der Waals surface area contributed by atoms with Crippen molar-refractivity contribution in [3.05, 3.63) is 82.9 Å². The largest absolute Gasteiger partial charge is 0.504 e. The Morgan fingerprint density at radius 1 is 0.970 bits per heavy atom. The van der Waals surface area contributed by atoms with Gasteiger partial charge in [0.15, 0.2) is 11.5 Å². The van der Waals surface area contributed by atoms with Crippen molar-refractivity contribution in [1.29, 1.82) is 0 Å². The van der Waals surface area contributed by atoms with Crippen molar-refractivity contribution in [2.75, 3.05) is 20.8 Å². The fraction of sp³-hybridized carbons (Fsp3) is 0.296. The number of nitrogens with zero attached hydrogens (tertiary/aromatic N) is 1. The fourth-order valence-electron chi connectivity index (χ4n) is 4.13. The molecule has 0 amide bonds. The predicted octanol–water partition coefficient (Wildman–Crippen LogP) is 5.34. The monoisotopic (exact) mass is 446 g/mol. The Balaban J connectivity index is 1.80. The van der Waals surface area contributed by atoms with Crippen molar-refractivity contribution in [3.63, 3.8) is 0 Å². The van der Waals surface area contributed by atoms with Crippen LogP contribution in [0.1, 0.15) is 47.8 Å². The molecule has 0 saturated carbocycles. The van der Waals surface area contributed by atoms with Gasteiger partial charge in [-0.05, 0) is 43.7 Å². The maximum absolute atomic E-state index is 11.0. The molecule has 0 aliphatic carbocycles. The van der Waals surface area contributed by atoms with E-state index in [1.807, 2.05) is 37.3 Å². The Morgan fingerprint density at radius 3 is 2.45 bits per heavy atom. The highest BCUT2D eigenvalue weighted by molar-refractivity contribution is 6.01. The van der Waals surface area contributed by atoms with Gasteiger partial charge >= 0.3 is 0 Å². The SMILES string of the molecule is CCOc1cccc([C@@H]2CC(c3ccc(C)cc3)=N[C@@H](c3cc(OC)ccc3OC)N2)c1O. The van der Waals surface area contributed by atoms with Gasteiger partial charge in [-0.2, -0.15) is 0 Å². The normalized spacial score (nSPS) is 17.9. The molecule has 6 heteroatoms. The number of aryl methyl sites for hydroxylation is 1. The van der Waals surface area contributed by atoms with Crippen molar-refractivity contribution in [3.8, 4) is 23.0 Å². The Morgan fingerprint density at radius 2 is 1.76 bits per heavy atom. The number of aliphatic imine (C=N–C) groups is 1. The molecule has 4 rings (SSSR count). The van der Waals surface area contributed by atoms with Crippen molar-refractivity contribution >= 4 is 5.71 Å². The van der Waals surface area contributed by atoms with Gasteiger partial charge in [0.05, 0.1) is 20.8 Å². The topological polar surface area (TPSA) is 72.3 Å². The average Bonchev–Trinajstić information content (AvgIpc) is 2.85. The molecule has 2 atom stereocenters. The van der Waals surface area contributed by atoms with Crippen molar-refractivity contribution in [1.82, 2.24) is 5.32 Å². The molecule has 1 aliphatic heterocycles. The molecule has 0 aromatic heterocycles. The number of hydrogen-bond acceptors (Lipinski definition) is 6. The summed E-state index contributed by atoms with van der Waals surface area (Å²) >= 11 is 0. The van der Waals surface area contributed by atoms with E-state index in [1.54, 1.807) is 20.3 Å². The maximum Gasteiger partial charge on any atom is 0.162 e. The third-order valence-corrected chi connectivity index (χ3v) is 5.86. The zero-order valence-corrected chi connectivity index (χ0v) is 19.5. The first-order valence-electron chi connectivity index (χ1n) is 11.1. The van der Waals surface area contributed by atoms with Crippen LogP contribution in [0.3, 0.4) is 0 Å². The molecule has 3 aromatic rings. The number of rotatable bonds is 7. The minimum Gasteiger partial charge on any atom is -0.504 e. The summed E-state index contributed by atoms with van der Waals surface area (Å²) < 4.78 is 16.7. The third-order valence-electron chi connectivity index (χ3n) is 5.86. The van der Waals surface area contributed by atoms with E-state index in [4.69, 9.17) is 19.2 Å². The van der Waals surface area contributed by atoms with Crippen LogP contribution in [0.5, 0.6) is 23.0 Å². The Kier molecular flexibility index (Phi) is 6.84. The quantitative estimate of drug-likeness (QED) is 0.513. The lowest BCUT2D eigenvalue weighted by Gasteiger charge is -2.32. The van der Waals surface area contributed by atoms with Crippen LogP contribution in [0.2, 0.25) is 0 Å². The number of ether oxygens (including phenoxy) is 3. The average molecular weight is 447 g/mol. The van der Waals surface area contributed by atoms with Gasteiger partial charge in [0.1, 0.15) is 17.7 Å². The zero-order chi connectivity index (χ0) is 23.4. The van der Waals surface area contributed by atoms with E-state index < -0.39 is 0 Å². The molecule has 1 heterocycles. The number of benzene rings is 3. The van der Waals surface area contributed by atoms with E-state index in [0.29, 0.717) is 24.5 Å². The summed E-state index contributed by atoms with van der Waals surface area (Å²) in [4.78, 5) is 5.06. The van der Waals surface area contributed by atoms with Crippen molar-refractivity contribution in [2.24, 2.45) is 4.99 Å². The Labute approximate surface area is 194 Å². The van der Waals surface area contributed by atoms with Crippen LogP contribution in [0.15, 0.2) is 65.7 Å².